The summed E-state index contributed by atoms with van der Waals surface area (Å²) in [5.41, 5.74) is 9.97. The molecule has 0 rings (SSSR count). The zero-order chi connectivity index (χ0) is 12.9. The van der Waals surface area contributed by atoms with E-state index < -0.39 is 49.3 Å². The van der Waals surface area contributed by atoms with Gasteiger partial charge in [0.05, 0.1) is 0 Å². The Labute approximate surface area is 114 Å². The molecule has 0 aliphatic carbocycles. The Morgan fingerprint density at radius 2 is 1.67 bits per heavy atom. The summed E-state index contributed by atoms with van der Waals surface area (Å²) in [5.74, 6) is -3.42. The Bertz CT molecular complexity index is 277. The van der Waals surface area contributed by atoms with Crippen LogP contribution in [0.2, 0.25) is 0 Å². The minimum absolute atomic E-state index is 0. The lowest BCUT2D eigenvalue weighted by Crippen LogP contribution is -2.40. The SMILES string of the molecule is Cl.Cl.NC(=O)CC(CCC(F)(F)F)[C@H](N)C(=O)O. The van der Waals surface area contributed by atoms with Gasteiger partial charge in [0.1, 0.15) is 6.04 Å². The van der Waals surface area contributed by atoms with Crippen molar-refractivity contribution in [3.8, 4) is 0 Å². The van der Waals surface area contributed by atoms with Crippen LogP contribution in [0, 0.1) is 5.92 Å². The van der Waals surface area contributed by atoms with E-state index in [0.29, 0.717) is 0 Å². The summed E-state index contributed by atoms with van der Waals surface area (Å²) in [6, 6.07) is -1.52. The number of carboxylic acids is 1. The van der Waals surface area contributed by atoms with E-state index in [1.54, 1.807) is 0 Å². The molecule has 0 spiro atoms. The summed E-state index contributed by atoms with van der Waals surface area (Å²) in [6.07, 6.45) is -6.59. The third kappa shape index (κ3) is 10.4. The van der Waals surface area contributed by atoms with Crippen molar-refractivity contribution < 1.29 is 27.9 Å². The van der Waals surface area contributed by atoms with Gasteiger partial charge in [-0.2, -0.15) is 13.2 Å². The molecule has 0 aromatic rings. The van der Waals surface area contributed by atoms with Crippen LogP contribution in [0.4, 0.5) is 13.2 Å². The monoisotopic (exact) mass is 314 g/mol. The normalized spacial score (nSPS) is 13.8. The van der Waals surface area contributed by atoms with E-state index in [1.165, 1.54) is 0 Å². The zero-order valence-corrected chi connectivity index (χ0v) is 10.8. The van der Waals surface area contributed by atoms with E-state index in [9.17, 15) is 22.8 Å². The number of hydrogen-bond acceptors (Lipinski definition) is 3. The van der Waals surface area contributed by atoms with Crippen LogP contribution in [0.1, 0.15) is 19.3 Å². The van der Waals surface area contributed by atoms with Crippen LogP contribution >= 0.6 is 24.8 Å². The Kier molecular flexibility index (Phi) is 11.5. The number of carbonyl (C=O) groups excluding carboxylic acids is 1. The van der Waals surface area contributed by atoms with Crippen LogP contribution in [0.3, 0.4) is 0 Å². The van der Waals surface area contributed by atoms with Crippen LogP contribution in [0.5, 0.6) is 0 Å². The zero-order valence-electron chi connectivity index (χ0n) is 9.14. The average molecular weight is 315 g/mol. The van der Waals surface area contributed by atoms with Gasteiger partial charge in [-0.1, -0.05) is 0 Å². The van der Waals surface area contributed by atoms with Crippen molar-refractivity contribution in [2.75, 3.05) is 0 Å². The first kappa shape index (κ1) is 22.5. The Morgan fingerprint density at radius 1 is 1.22 bits per heavy atom. The highest BCUT2D eigenvalue weighted by molar-refractivity contribution is 5.85. The summed E-state index contributed by atoms with van der Waals surface area (Å²) in [5, 5.41) is 8.54. The first-order valence-electron chi connectivity index (χ1n) is 4.47. The minimum atomic E-state index is -4.41. The van der Waals surface area contributed by atoms with Gasteiger partial charge in [-0.05, 0) is 12.3 Å². The molecule has 5 nitrogen and oxygen atoms in total. The van der Waals surface area contributed by atoms with Gasteiger partial charge in [-0.15, -0.1) is 24.8 Å². The van der Waals surface area contributed by atoms with Crippen LogP contribution < -0.4 is 11.5 Å². The molecule has 5 N–H and O–H groups in total. The molecule has 0 aromatic carbocycles. The number of amides is 1. The van der Waals surface area contributed by atoms with E-state index in [-0.39, 0.29) is 24.8 Å². The summed E-state index contributed by atoms with van der Waals surface area (Å²) < 4.78 is 35.7. The van der Waals surface area contributed by atoms with Crippen LogP contribution in [-0.2, 0) is 9.59 Å². The number of rotatable bonds is 6. The first-order chi connectivity index (χ1) is 7.13. The third-order valence-corrected chi connectivity index (χ3v) is 2.05. The second-order valence-electron chi connectivity index (χ2n) is 3.45. The number of nitrogens with two attached hydrogens (primary N) is 2. The number of aliphatic carboxylic acids is 1. The number of carboxylic acid groups (broad SMARTS) is 1. The van der Waals surface area contributed by atoms with Gasteiger partial charge in [0.15, 0.2) is 0 Å². The van der Waals surface area contributed by atoms with Crippen molar-refractivity contribution in [1.82, 2.24) is 0 Å². The summed E-state index contributed by atoms with van der Waals surface area (Å²) >= 11 is 0. The van der Waals surface area contributed by atoms with Crippen molar-refractivity contribution in [2.45, 2.75) is 31.5 Å². The summed E-state index contributed by atoms with van der Waals surface area (Å²) in [4.78, 5) is 21.0. The summed E-state index contributed by atoms with van der Waals surface area (Å²) in [6.45, 7) is 0. The lowest BCUT2D eigenvalue weighted by molar-refractivity contribution is -0.146. The molecular formula is C8H15Cl2F3N2O3. The highest BCUT2D eigenvalue weighted by Gasteiger charge is 2.32. The van der Waals surface area contributed by atoms with Gasteiger partial charge in [0.25, 0.3) is 0 Å². The minimum Gasteiger partial charge on any atom is -0.480 e. The van der Waals surface area contributed by atoms with Crippen molar-refractivity contribution >= 4 is 36.7 Å². The Hall–Kier alpha value is -0.730. The van der Waals surface area contributed by atoms with Gasteiger partial charge >= 0.3 is 12.1 Å². The van der Waals surface area contributed by atoms with Gasteiger partial charge in [0, 0.05) is 12.8 Å². The molecule has 0 aliphatic heterocycles. The molecule has 0 fully saturated rings. The molecule has 0 aromatic heterocycles. The van der Waals surface area contributed by atoms with Gasteiger partial charge in [0.2, 0.25) is 5.91 Å². The fourth-order valence-electron chi connectivity index (χ4n) is 1.22. The molecule has 110 valence electrons. The van der Waals surface area contributed by atoms with E-state index >= 15 is 0 Å². The standard InChI is InChI=1S/C8H13F3N2O3.2ClH/c9-8(10,11)2-1-4(3-5(12)14)6(13)7(15)16;;/h4,6H,1-3,13H2,(H2,12,14)(H,15,16);2*1H/t4?,6-;;/m0../s1. The number of carbonyl (C=O) groups is 2. The lowest BCUT2D eigenvalue weighted by atomic mass is 9.91. The van der Waals surface area contributed by atoms with E-state index in [1.807, 2.05) is 0 Å². The number of alkyl halides is 3. The fraction of sp³-hybridized carbons (Fsp3) is 0.750. The third-order valence-electron chi connectivity index (χ3n) is 2.05. The average Bonchev–Trinajstić information content (AvgIpc) is 2.08. The molecular weight excluding hydrogens is 300 g/mol. The highest BCUT2D eigenvalue weighted by Crippen LogP contribution is 2.26. The second kappa shape index (κ2) is 9.23. The molecule has 0 saturated heterocycles. The second-order valence-corrected chi connectivity index (χ2v) is 3.45. The summed E-state index contributed by atoms with van der Waals surface area (Å²) in [7, 11) is 0. The molecule has 0 aliphatic rings. The number of hydrogen-bond donors (Lipinski definition) is 3. The maximum atomic E-state index is 11.9. The van der Waals surface area contributed by atoms with E-state index in [0.717, 1.165) is 0 Å². The Morgan fingerprint density at radius 3 is 1.94 bits per heavy atom. The van der Waals surface area contributed by atoms with Crippen LogP contribution in [0.15, 0.2) is 0 Å². The predicted octanol–water partition coefficient (Wildman–Crippen LogP) is 1.08. The smallest absolute Gasteiger partial charge is 0.389 e. The lowest BCUT2D eigenvalue weighted by Gasteiger charge is -2.19. The van der Waals surface area contributed by atoms with Gasteiger partial charge in [-0.3, -0.25) is 9.59 Å². The fourth-order valence-corrected chi connectivity index (χ4v) is 1.22. The first-order valence-corrected chi connectivity index (χ1v) is 4.47. The topological polar surface area (TPSA) is 106 Å². The maximum Gasteiger partial charge on any atom is 0.389 e. The number of halogens is 5. The van der Waals surface area contributed by atoms with Gasteiger partial charge in [-0.25, -0.2) is 0 Å². The molecule has 18 heavy (non-hydrogen) atoms. The molecule has 1 unspecified atom stereocenters. The van der Waals surface area contributed by atoms with Crippen molar-refractivity contribution in [2.24, 2.45) is 17.4 Å². The molecule has 0 heterocycles. The van der Waals surface area contributed by atoms with Crippen molar-refractivity contribution in [3.63, 3.8) is 0 Å². The van der Waals surface area contributed by atoms with Gasteiger partial charge < -0.3 is 16.6 Å². The quantitative estimate of drug-likeness (QED) is 0.681. The van der Waals surface area contributed by atoms with E-state index in [4.69, 9.17) is 16.6 Å². The van der Waals surface area contributed by atoms with Crippen LogP contribution in [0.25, 0.3) is 0 Å². The van der Waals surface area contributed by atoms with Crippen LogP contribution in [-0.4, -0.2) is 29.2 Å². The van der Waals surface area contributed by atoms with Crippen molar-refractivity contribution in [3.05, 3.63) is 0 Å². The molecule has 0 radical (unpaired) electrons. The molecule has 10 heteroatoms. The highest BCUT2D eigenvalue weighted by atomic mass is 35.5. The number of primary amides is 1. The Balaban J connectivity index is -0.00000112. The molecule has 1 amide bonds. The molecule has 0 bridgehead atoms. The maximum absolute atomic E-state index is 11.9. The van der Waals surface area contributed by atoms with E-state index in [2.05, 4.69) is 0 Å². The largest absolute Gasteiger partial charge is 0.480 e. The van der Waals surface area contributed by atoms with Crippen molar-refractivity contribution in [1.29, 1.82) is 0 Å². The molecule has 0 saturated carbocycles. The molecule has 2 atom stereocenters. The predicted molar refractivity (Wildman–Crippen MR) is 62.7 cm³/mol.